The van der Waals surface area contributed by atoms with Gasteiger partial charge in [-0.15, -0.1) is 0 Å². The molecule has 0 N–H and O–H groups in total. The van der Waals surface area contributed by atoms with E-state index in [0.717, 1.165) is 0 Å². The highest BCUT2D eigenvalue weighted by Crippen LogP contribution is 2.29. The molecule has 1 aromatic heterocycles. The molecule has 2 aromatic rings. The van der Waals surface area contributed by atoms with Gasteiger partial charge in [-0.3, -0.25) is 0 Å². The van der Waals surface area contributed by atoms with Crippen LogP contribution in [0.1, 0.15) is 11.9 Å². The minimum atomic E-state index is -3.05. The van der Waals surface area contributed by atoms with Gasteiger partial charge in [-0.05, 0) is 12.1 Å². The van der Waals surface area contributed by atoms with Crippen LogP contribution in [0.4, 0.5) is 13.2 Å². The summed E-state index contributed by atoms with van der Waals surface area (Å²) >= 11 is 0. The molecule has 0 bridgehead atoms. The molecule has 1 atom stereocenters. The molecular weight excluding hydrogens is 193 g/mol. The fourth-order valence-corrected chi connectivity index (χ4v) is 1.26. The fraction of sp³-hybridized carbons (Fsp3) is 0.200. The highest BCUT2D eigenvalue weighted by molar-refractivity contribution is 5.77. The lowest BCUT2D eigenvalue weighted by molar-refractivity contribution is 0.0385. The first-order valence-electron chi connectivity index (χ1n) is 4.09. The average molecular weight is 200 g/mol. The topological polar surface area (TPSA) is 13.1 Å². The van der Waals surface area contributed by atoms with E-state index in [4.69, 9.17) is 4.42 Å². The van der Waals surface area contributed by atoms with Crippen molar-refractivity contribution >= 4 is 11.0 Å². The van der Waals surface area contributed by atoms with E-state index in [1.54, 1.807) is 24.3 Å². The smallest absolute Gasteiger partial charge is 0.276 e. The maximum absolute atomic E-state index is 12.9. The third-order valence-corrected chi connectivity index (χ3v) is 1.94. The summed E-state index contributed by atoms with van der Waals surface area (Å²) in [5.74, 6) is -0.318. The first-order valence-corrected chi connectivity index (χ1v) is 4.09. The predicted molar refractivity (Wildman–Crippen MR) is 46.1 cm³/mol. The lowest BCUT2D eigenvalue weighted by Crippen LogP contribution is -2.01. The molecule has 74 valence electrons. The average Bonchev–Trinajstić information content (AvgIpc) is 2.59. The number of para-hydroxylation sites is 1. The van der Waals surface area contributed by atoms with Crippen molar-refractivity contribution in [1.29, 1.82) is 0 Å². The zero-order valence-electron chi connectivity index (χ0n) is 7.08. The number of benzene rings is 1. The number of fused-ring (bicyclic) bond motifs is 1. The molecule has 1 unspecified atom stereocenters. The summed E-state index contributed by atoms with van der Waals surface area (Å²) < 4.78 is 41.8. The minimum Gasteiger partial charge on any atom is -0.458 e. The van der Waals surface area contributed by atoms with E-state index in [0.29, 0.717) is 11.0 Å². The molecule has 0 saturated heterocycles. The quantitative estimate of drug-likeness (QED) is 0.720. The van der Waals surface area contributed by atoms with Gasteiger partial charge in [-0.1, -0.05) is 18.2 Å². The summed E-state index contributed by atoms with van der Waals surface area (Å²) in [4.78, 5) is 0. The fourth-order valence-electron chi connectivity index (χ4n) is 1.26. The van der Waals surface area contributed by atoms with E-state index >= 15 is 0 Å². The largest absolute Gasteiger partial charge is 0.458 e. The first-order chi connectivity index (χ1) is 6.68. The van der Waals surface area contributed by atoms with Gasteiger partial charge in [-0.25, -0.2) is 13.2 Å². The van der Waals surface area contributed by atoms with Crippen molar-refractivity contribution in [2.75, 3.05) is 0 Å². The van der Waals surface area contributed by atoms with Crippen molar-refractivity contribution in [2.45, 2.75) is 12.6 Å². The molecule has 0 radical (unpaired) electrons. The van der Waals surface area contributed by atoms with Crippen molar-refractivity contribution in [3.63, 3.8) is 0 Å². The first kappa shape index (κ1) is 9.12. The lowest BCUT2D eigenvalue weighted by Gasteiger charge is -2.01. The summed E-state index contributed by atoms with van der Waals surface area (Å²) in [6.45, 7) is 0. The van der Waals surface area contributed by atoms with Gasteiger partial charge < -0.3 is 4.42 Å². The molecule has 14 heavy (non-hydrogen) atoms. The zero-order valence-corrected chi connectivity index (χ0v) is 7.08. The number of hydrogen-bond acceptors (Lipinski definition) is 1. The van der Waals surface area contributed by atoms with E-state index < -0.39 is 12.6 Å². The standard InChI is InChI=1S/C10H7F3O/c11-9(10(12)13)8-5-6-3-1-2-4-7(6)14-8/h1-5,9-10H. The molecule has 0 aliphatic heterocycles. The van der Waals surface area contributed by atoms with E-state index in [-0.39, 0.29) is 5.76 Å². The Labute approximate surface area is 78.1 Å². The summed E-state index contributed by atoms with van der Waals surface area (Å²) in [6, 6.07) is 8.02. The minimum absolute atomic E-state index is 0.318. The van der Waals surface area contributed by atoms with Gasteiger partial charge >= 0.3 is 0 Å². The second-order valence-electron chi connectivity index (χ2n) is 2.92. The van der Waals surface area contributed by atoms with Crippen molar-refractivity contribution in [1.82, 2.24) is 0 Å². The summed E-state index contributed by atoms with van der Waals surface area (Å²) in [5, 5.41) is 0.630. The van der Waals surface area contributed by atoms with Crippen LogP contribution in [0.2, 0.25) is 0 Å². The van der Waals surface area contributed by atoms with Crippen LogP contribution in [-0.4, -0.2) is 6.43 Å². The van der Waals surface area contributed by atoms with E-state index in [1.807, 2.05) is 0 Å². The molecule has 0 saturated carbocycles. The summed E-state index contributed by atoms with van der Waals surface area (Å²) in [6.07, 6.45) is -5.39. The molecule has 0 aliphatic carbocycles. The molecule has 2 rings (SSSR count). The molecule has 1 heterocycles. The van der Waals surface area contributed by atoms with Gasteiger partial charge in [0.25, 0.3) is 6.43 Å². The molecule has 0 aliphatic rings. The maximum atomic E-state index is 12.9. The van der Waals surface area contributed by atoms with Gasteiger partial charge in [0.05, 0.1) is 0 Å². The van der Waals surface area contributed by atoms with Crippen LogP contribution in [0, 0.1) is 0 Å². The second-order valence-corrected chi connectivity index (χ2v) is 2.92. The van der Waals surface area contributed by atoms with Crippen molar-refractivity contribution in [3.8, 4) is 0 Å². The van der Waals surface area contributed by atoms with Crippen LogP contribution in [-0.2, 0) is 0 Å². The molecular formula is C10H7F3O. The lowest BCUT2D eigenvalue weighted by atomic mass is 10.2. The van der Waals surface area contributed by atoms with Gasteiger partial charge in [0.1, 0.15) is 11.3 Å². The normalized spacial score (nSPS) is 13.7. The number of halogens is 3. The van der Waals surface area contributed by atoms with Gasteiger partial charge in [0.15, 0.2) is 0 Å². The molecule has 1 aromatic carbocycles. The number of rotatable bonds is 2. The second kappa shape index (κ2) is 3.36. The van der Waals surface area contributed by atoms with Crippen molar-refractivity contribution < 1.29 is 17.6 Å². The Morgan fingerprint density at radius 3 is 2.43 bits per heavy atom. The highest BCUT2D eigenvalue weighted by atomic mass is 19.3. The van der Waals surface area contributed by atoms with E-state index in [1.165, 1.54) is 6.07 Å². The Bertz CT molecular complexity index is 403. The highest BCUT2D eigenvalue weighted by Gasteiger charge is 2.25. The van der Waals surface area contributed by atoms with Crippen LogP contribution < -0.4 is 0 Å². The van der Waals surface area contributed by atoms with Crippen LogP contribution >= 0.6 is 0 Å². The van der Waals surface area contributed by atoms with E-state index in [9.17, 15) is 13.2 Å². The maximum Gasteiger partial charge on any atom is 0.276 e. The Hall–Kier alpha value is -1.45. The third-order valence-electron chi connectivity index (χ3n) is 1.94. The number of hydrogen-bond donors (Lipinski definition) is 0. The SMILES string of the molecule is FC(F)C(F)c1cc2ccccc2o1. The Kier molecular flexibility index (Phi) is 2.19. The van der Waals surface area contributed by atoms with Crippen LogP contribution in [0.5, 0.6) is 0 Å². The number of alkyl halides is 3. The van der Waals surface area contributed by atoms with Crippen molar-refractivity contribution in [3.05, 3.63) is 36.1 Å². The summed E-state index contributed by atoms with van der Waals surface area (Å²) in [7, 11) is 0. The predicted octanol–water partition coefficient (Wildman–Crippen LogP) is 3.71. The Morgan fingerprint density at radius 2 is 1.79 bits per heavy atom. The molecule has 0 fully saturated rings. The molecule has 4 heteroatoms. The third kappa shape index (κ3) is 1.47. The van der Waals surface area contributed by atoms with Crippen LogP contribution in [0.15, 0.2) is 34.7 Å². The molecule has 0 amide bonds. The zero-order chi connectivity index (χ0) is 10.1. The van der Waals surface area contributed by atoms with Gasteiger partial charge in [0, 0.05) is 5.39 Å². The van der Waals surface area contributed by atoms with Crippen LogP contribution in [0.25, 0.3) is 11.0 Å². The van der Waals surface area contributed by atoms with Crippen molar-refractivity contribution in [2.24, 2.45) is 0 Å². The Balaban J connectivity index is 2.45. The van der Waals surface area contributed by atoms with Gasteiger partial charge in [0.2, 0.25) is 6.17 Å². The molecule has 1 nitrogen and oxygen atoms in total. The van der Waals surface area contributed by atoms with E-state index in [2.05, 4.69) is 0 Å². The van der Waals surface area contributed by atoms with Crippen LogP contribution in [0.3, 0.4) is 0 Å². The monoisotopic (exact) mass is 200 g/mol. The summed E-state index contributed by atoms with van der Waals surface area (Å²) in [5.41, 5.74) is 0.422. The van der Waals surface area contributed by atoms with Gasteiger partial charge in [-0.2, -0.15) is 0 Å². The Morgan fingerprint density at radius 1 is 1.07 bits per heavy atom. The molecule has 0 spiro atoms. The number of furan rings is 1.